The van der Waals surface area contributed by atoms with Crippen molar-refractivity contribution < 1.29 is 14.6 Å². The van der Waals surface area contributed by atoms with Crippen LogP contribution in [0.15, 0.2) is 0 Å². The van der Waals surface area contributed by atoms with E-state index in [1.807, 2.05) is 0 Å². The van der Waals surface area contributed by atoms with Crippen molar-refractivity contribution in [1.82, 2.24) is 5.32 Å². The monoisotopic (exact) mass is 244 g/mol. The standard InChI is InChI=1S/C12H24N2O3/c1-9-4-2-3-5-11(9)17-8-10(15)6-14-7-12(13)16/h9-11,14-15H,2-8H2,1H3,(H2,13,16). The highest BCUT2D eigenvalue weighted by atomic mass is 16.5. The van der Waals surface area contributed by atoms with Crippen molar-refractivity contribution in [2.24, 2.45) is 11.7 Å². The number of aliphatic hydroxyl groups is 1. The molecule has 1 saturated carbocycles. The minimum absolute atomic E-state index is 0.0941. The summed E-state index contributed by atoms with van der Waals surface area (Å²) in [7, 11) is 0. The van der Waals surface area contributed by atoms with Crippen molar-refractivity contribution in [3.63, 3.8) is 0 Å². The SMILES string of the molecule is CC1CCCCC1OCC(O)CNCC(N)=O. The Balaban J connectivity index is 2.09. The molecule has 0 spiro atoms. The van der Waals surface area contributed by atoms with Gasteiger partial charge in [-0.15, -0.1) is 0 Å². The minimum atomic E-state index is -0.580. The third-order valence-electron chi connectivity index (χ3n) is 3.21. The first-order chi connectivity index (χ1) is 8.09. The van der Waals surface area contributed by atoms with Gasteiger partial charge in [0.05, 0.1) is 25.4 Å². The predicted octanol–water partition coefficient (Wildman–Crippen LogP) is 0.0175. The van der Waals surface area contributed by atoms with Gasteiger partial charge in [0, 0.05) is 6.54 Å². The van der Waals surface area contributed by atoms with Crippen LogP contribution >= 0.6 is 0 Å². The molecule has 0 aromatic rings. The summed E-state index contributed by atoms with van der Waals surface area (Å²) in [6, 6.07) is 0. The van der Waals surface area contributed by atoms with Gasteiger partial charge in [0.15, 0.2) is 0 Å². The number of amides is 1. The molecule has 100 valence electrons. The third-order valence-corrected chi connectivity index (χ3v) is 3.21. The number of carbonyl (C=O) groups excluding carboxylic acids is 1. The normalized spacial score (nSPS) is 26.7. The van der Waals surface area contributed by atoms with Crippen molar-refractivity contribution in [3.8, 4) is 0 Å². The maximum Gasteiger partial charge on any atom is 0.231 e. The molecule has 0 bridgehead atoms. The van der Waals surface area contributed by atoms with E-state index in [2.05, 4.69) is 12.2 Å². The molecule has 3 unspecified atom stereocenters. The van der Waals surface area contributed by atoms with Gasteiger partial charge in [0.1, 0.15) is 0 Å². The zero-order chi connectivity index (χ0) is 12.7. The Kier molecular flexibility index (Phi) is 6.47. The first kappa shape index (κ1) is 14.4. The highest BCUT2D eigenvalue weighted by Crippen LogP contribution is 2.26. The van der Waals surface area contributed by atoms with Crippen molar-refractivity contribution >= 4 is 5.91 Å². The number of ether oxygens (including phenoxy) is 1. The zero-order valence-corrected chi connectivity index (χ0v) is 10.5. The first-order valence-electron chi connectivity index (χ1n) is 6.38. The first-order valence-corrected chi connectivity index (χ1v) is 6.38. The molecular weight excluding hydrogens is 220 g/mol. The molecular formula is C12H24N2O3. The Hall–Kier alpha value is -0.650. The number of nitrogens with one attached hydrogen (secondary N) is 1. The second kappa shape index (κ2) is 7.63. The highest BCUT2D eigenvalue weighted by Gasteiger charge is 2.22. The Labute approximate surface area is 103 Å². The molecule has 5 nitrogen and oxygen atoms in total. The summed E-state index contributed by atoms with van der Waals surface area (Å²) < 4.78 is 5.71. The van der Waals surface area contributed by atoms with Gasteiger partial charge in [-0.05, 0) is 18.8 Å². The van der Waals surface area contributed by atoms with E-state index in [1.54, 1.807) is 0 Å². The lowest BCUT2D eigenvalue weighted by Gasteiger charge is -2.29. The molecule has 5 heteroatoms. The maximum atomic E-state index is 10.5. The van der Waals surface area contributed by atoms with E-state index in [0.29, 0.717) is 19.1 Å². The number of hydrogen-bond acceptors (Lipinski definition) is 4. The molecule has 1 fully saturated rings. The van der Waals surface area contributed by atoms with E-state index in [4.69, 9.17) is 10.5 Å². The van der Waals surface area contributed by atoms with Crippen molar-refractivity contribution in [2.45, 2.75) is 44.8 Å². The smallest absolute Gasteiger partial charge is 0.231 e. The third kappa shape index (κ3) is 6.00. The molecule has 3 atom stereocenters. The fourth-order valence-electron chi connectivity index (χ4n) is 2.19. The van der Waals surface area contributed by atoms with Crippen molar-refractivity contribution in [3.05, 3.63) is 0 Å². The van der Waals surface area contributed by atoms with Gasteiger partial charge in [-0.2, -0.15) is 0 Å². The number of primary amides is 1. The van der Waals surface area contributed by atoms with E-state index < -0.39 is 12.0 Å². The van der Waals surface area contributed by atoms with Crippen LogP contribution < -0.4 is 11.1 Å². The summed E-state index contributed by atoms with van der Waals surface area (Å²) >= 11 is 0. The molecule has 1 amide bonds. The molecule has 0 aromatic carbocycles. The van der Waals surface area contributed by atoms with E-state index in [-0.39, 0.29) is 12.6 Å². The van der Waals surface area contributed by atoms with Gasteiger partial charge in [-0.25, -0.2) is 0 Å². The topological polar surface area (TPSA) is 84.6 Å². The zero-order valence-electron chi connectivity index (χ0n) is 10.5. The minimum Gasteiger partial charge on any atom is -0.389 e. The fraction of sp³-hybridized carbons (Fsp3) is 0.917. The summed E-state index contributed by atoms with van der Waals surface area (Å²) in [5.74, 6) is 0.161. The molecule has 1 aliphatic rings. The molecule has 4 N–H and O–H groups in total. The Bertz CT molecular complexity index is 236. The van der Waals surface area contributed by atoms with Crippen LogP contribution in [0, 0.1) is 5.92 Å². The molecule has 17 heavy (non-hydrogen) atoms. The molecule has 0 heterocycles. The number of hydrogen-bond donors (Lipinski definition) is 3. The van der Waals surface area contributed by atoms with Gasteiger partial charge in [0.25, 0.3) is 0 Å². The summed E-state index contributed by atoms with van der Waals surface area (Å²) in [5, 5.41) is 12.4. The molecule has 0 aliphatic heterocycles. The molecule has 0 aromatic heterocycles. The Morgan fingerprint density at radius 3 is 2.88 bits per heavy atom. The van der Waals surface area contributed by atoms with Crippen molar-refractivity contribution in [2.75, 3.05) is 19.7 Å². The van der Waals surface area contributed by atoms with Gasteiger partial charge in [-0.3, -0.25) is 4.79 Å². The van der Waals surface area contributed by atoms with Crippen LogP contribution in [0.3, 0.4) is 0 Å². The summed E-state index contributed by atoms with van der Waals surface area (Å²) in [5.41, 5.74) is 4.97. The average Bonchev–Trinajstić information content (AvgIpc) is 2.27. The van der Waals surface area contributed by atoms with E-state index in [1.165, 1.54) is 19.3 Å². The lowest BCUT2D eigenvalue weighted by molar-refractivity contribution is -0.117. The average molecular weight is 244 g/mol. The number of rotatable bonds is 7. The Morgan fingerprint density at radius 2 is 2.24 bits per heavy atom. The van der Waals surface area contributed by atoms with E-state index >= 15 is 0 Å². The predicted molar refractivity (Wildman–Crippen MR) is 65.4 cm³/mol. The van der Waals surface area contributed by atoms with Gasteiger partial charge >= 0.3 is 0 Å². The van der Waals surface area contributed by atoms with Gasteiger partial charge in [-0.1, -0.05) is 19.8 Å². The van der Waals surface area contributed by atoms with Crippen LogP contribution in [0.5, 0.6) is 0 Å². The van der Waals surface area contributed by atoms with E-state index in [0.717, 1.165) is 6.42 Å². The van der Waals surface area contributed by atoms with Crippen LogP contribution in [0.1, 0.15) is 32.6 Å². The Morgan fingerprint density at radius 1 is 1.53 bits per heavy atom. The van der Waals surface area contributed by atoms with Crippen LogP contribution in [0.2, 0.25) is 0 Å². The van der Waals surface area contributed by atoms with Gasteiger partial charge in [0.2, 0.25) is 5.91 Å². The molecule has 1 aliphatic carbocycles. The lowest BCUT2D eigenvalue weighted by Crippen LogP contribution is -2.37. The van der Waals surface area contributed by atoms with E-state index in [9.17, 15) is 9.90 Å². The quantitative estimate of drug-likeness (QED) is 0.589. The molecule has 0 radical (unpaired) electrons. The molecule has 0 saturated heterocycles. The number of aliphatic hydroxyl groups excluding tert-OH is 1. The second-order valence-corrected chi connectivity index (χ2v) is 4.88. The van der Waals surface area contributed by atoms with Crippen molar-refractivity contribution in [1.29, 1.82) is 0 Å². The number of nitrogens with two attached hydrogens (primary N) is 1. The molecule has 1 rings (SSSR count). The van der Waals surface area contributed by atoms with Crippen LogP contribution in [0.25, 0.3) is 0 Å². The lowest BCUT2D eigenvalue weighted by atomic mass is 9.88. The van der Waals surface area contributed by atoms with Crippen LogP contribution in [-0.2, 0) is 9.53 Å². The summed E-state index contributed by atoms with van der Waals surface area (Å²) in [4.78, 5) is 10.5. The number of carbonyl (C=O) groups is 1. The largest absolute Gasteiger partial charge is 0.389 e. The second-order valence-electron chi connectivity index (χ2n) is 4.88. The highest BCUT2D eigenvalue weighted by molar-refractivity contribution is 5.75. The van der Waals surface area contributed by atoms with Crippen LogP contribution in [0.4, 0.5) is 0 Å². The van der Waals surface area contributed by atoms with Crippen LogP contribution in [-0.4, -0.2) is 42.9 Å². The van der Waals surface area contributed by atoms with Gasteiger partial charge < -0.3 is 20.9 Å². The maximum absolute atomic E-state index is 10.5. The fourth-order valence-corrected chi connectivity index (χ4v) is 2.19. The summed E-state index contributed by atoms with van der Waals surface area (Å²) in [6.45, 7) is 2.95. The summed E-state index contributed by atoms with van der Waals surface area (Å²) in [6.07, 6.45) is 4.48.